The topological polar surface area (TPSA) is 72.2 Å². The monoisotopic (exact) mass is 326 g/mol. The van der Waals surface area contributed by atoms with Crippen molar-refractivity contribution in [1.29, 1.82) is 0 Å². The molecule has 3 N–H and O–H groups in total. The Morgan fingerprint density at radius 1 is 1.10 bits per heavy atom. The number of thiocarbonyl (C=S) groups is 1. The summed E-state index contributed by atoms with van der Waals surface area (Å²) in [5.41, 5.74) is 6.35. The molecule has 0 fully saturated rings. The number of rotatable bonds is 4. The molecule has 0 aliphatic carbocycles. The highest BCUT2D eigenvalue weighted by molar-refractivity contribution is 7.92. The highest BCUT2D eigenvalue weighted by Gasteiger charge is 2.19. The number of halogens is 1. The number of hydrogen-bond donors (Lipinski definition) is 2. The molecule has 20 heavy (non-hydrogen) atoms. The van der Waals surface area contributed by atoms with Crippen molar-refractivity contribution in [2.75, 3.05) is 4.72 Å². The van der Waals surface area contributed by atoms with Crippen LogP contribution in [0.5, 0.6) is 0 Å². The van der Waals surface area contributed by atoms with Crippen LogP contribution in [0, 0.1) is 0 Å². The van der Waals surface area contributed by atoms with Crippen molar-refractivity contribution >= 4 is 44.5 Å². The van der Waals surface area contributed by atoms with Gasteiger partial charge in [-0.3, -0.25) is 4.72 Å². The molecule has 0 aromatic heterocycles. The van der Waals surface area contributed by atoms with Crippen LogP contribution in [0.4, 0.5) is 5.69 Å². The van der Waals surface area contributed by atoms with E-state index in [9.17, 15) is 8.42 Å². The molecule has 0 radical (unpaired) electrons. The summed E-state index contributed by atoms with van der Waals surface area (Å²) in [4.78, 5) is 0.113. The first-order chi connectivity index (χ1) is 9.42. The molecule has 4 nitrogen and oxygen atoms in total. The fourth-order valence-electron chi connectivity index (χ4n) is 1.65. The third-order valence-corrected chi connectivity index (χ3v) is 4.65. The summed E-state index contributed by atoms with van der Waals surface area (Å²) in [6.45, 7) is 0. The molecular weight excluding hydrogens is 316 g/mol. The summed E-state index contributed by atoms with van der Waals surface area (Å²) < 4.78 is 27.1. The van der Waals surface area contributed by atoms with Gasteiger partial charge in [-0.1, -0.05) is 48.1 Å². The SMILES string of the molecule is NC(=S)c1ccccc1NS(=O)(=O)c1ccccc1Cl. The lowest BCUT2D eigenvalue weighted by Crippen LogP contribution is -2.18. The lowest BCUT2D eigenvalue weighted by Gasteiger charge is -2.12. The van der Waals surface area contributed by atoms with Gasteiger partial charge in [0.25, 0.3) is 10.0 Å². The van der Waals surface area contributed by atoms with E-state index in [2.05, 4.69) is 4.72 Å². The number of nitrogens with one attached hydrogen (secondary N) is 1. The number of hydrogen-bond acceptors (Lipinski definition) is 3. The highest BCUT2D eigenvalue weighted by Crippen LogP contribution is 2.24. The maximum absolute atomic E-state index is 12.3. The van der Waals surface area contributed by atoms with Crippen molar-refractivity contribution in [3.05, 3.63) is 59.1 Å². The van der Waals surface area contributed by atoms with Gasteiger partial charge in [-0.2, -0.15) is 0 Å². The van der Waals surface area contributed by atoms with Crippen LogP contribution in [-0.4, -0.2) is 13.4 Å². The average molecular weight is 327 g/mol. The number of anilines is 1. The molecule has 2 aromatic carbocycles. The summed E-state index contributed by atoms with van der Waals surface area (Å²) in [6.07, 6.45) is 0. The van der Waals surface area contributed by atoms with Gasteiger partial charge in [0.2, 0.25) is 0 Å². The van der Waals surface area contributed by atoms with E-state index in [1.807, 2.05) is 0 Å². The van der Waals surface area contributed by atoms with E-state index in [1.54, 1.807) is 36.4 Å². The minimum Gasteiger partial charge on any atom is -0.389 e. The molecule has 7 heteroatoms. The molecule has 0 saturated carbocycles. The van der Waals surface area contributed by atoms with E-state index >= 15 is 0 Å². The zero-order chi connectivity index (χ0) is 14.8. The van der Waals surface area contributed by atoms with E-state index in [-0.39, 0.29) is 14.9 Å². The van der Waals surface area contributed by atoms with E-state index in [1.165, 1.54) is 12.1 Å². The number of benzene rings is 2. The maximum Gasteiger partial charge on any atom is 0.263 e. The van der Waals surface area contributed by atoms with Crippen LogP contribution in [0.2, 0.25) is 5.02 Å². The Kier molecular flexibility index (Phi) is 4.27. The Balaban J connectivity index is 2.45. The van der Waals surface area contributed by atoms with Crippen LogP contribution in [0.25, 0.3) is 0 Å². The van der Waals surface area contributed by atoms with Crippen molar-refractivity contribution in [3.63, 3.8) is 0 Å². The molecule has 0 atom stereocenters. The minimum atomic E-state index is -3.80. The van der Waals surface area contributed by atoms with Gasteiger partial charge in [0, 0.05) is 5.56 Å². The molecule has 0 bridgehead atoms. The summed E-state index contributed by atoms with van der Waals surface area (Å²) >= 11 is 10.8. The maximum atomic E-state index is 12.3. The largest absolute Gasteiger partial charge is 0.389 e. The van der Waals surface area contributed by atoms with E-state index < -0.39 is 10.0 Å². The van der Waals surface area contributed by atoms with Crippen molar-refractivity contribution in [2.24, 2.45) is 5.73 Å². The average Bonchev–Trinajstić information content (AvgIpc) is 2.39. The van der Waals surface area contributed by atoms with Gasteiger partial charge in [0.15, 0.2) is 0 Å². The molecular formula is C13H11ClN2O2S2. The third-order valence-electron chi connectivity index (χ3n) is 2.56. The molecule has 0 unspecified atom stereocenters. The summed E-state index contributed by atoms with van der Waals surface area (Å²) in [5.74, 6) is 0. The van der Waals surface area contributed by atoms with Gasteiger partial charge in [0.05, 0.1) is 10.7 Å². The quantitative estimate of drug-likeness (QED) is 0.847. The molecule has 0 saturated heterocycles. The molecule has 0 spiro atoms. The van der Waals surface area contributed by atoms with Crippen molar-refractivity contribution < 1.29 is 8.42 Å². The number of para-hydroxylation sites is 1. The van der Waals surface area contributed by atoms with E-state index in [0.717, 1.165) is 0 Å². The second kappa shape index (κ2) is 5.78. The van der Waals surface area contributed by atoms with Gasteiger partial charge in [0.1, 0.15) is 9.88 Å². The Morgan fingerprint density at radius 2 is 1.70 bits per heavy atom. The minimum absolute atomic E-state index is 0.000547. The van der Waals surface area contributed by atoms with Crippen LogP contribution >= 0.6 is 23.8 Å². The third kappa shape index (κ3) is 3.09. The lowest BCUT2D eigenvalue weighted by atomic mass is 10.2. The highest BCUT2D eigenvalue weighted by atomic mass is 35.5. The van der Waals surface area contributed by atoms with Crippen LogP contribution in [0.1, 0.15) is 5.56 Å². The van der Waals surface area contributed by atoms with Crippen LogP contribution in [-0.2, 0) is 10.0 Å². The molecule has 0 heterocycles. The fourth-order valence-corrected chi connectivity index (χ4v) is 3.43. The Morgan fingerprint density at radius 3 is 2.35 bits per heavy atom. The van der Waals surface area contributed by atoms with Crippen LogP contribution in [0.3, 0.4) is 0 Å². The predicted octanol–water partition coefficient (Wildman–Crippen LogP) is 2.78. The zero-order valence-electron chi connectivity index (χ0n) is 10.2. The predicted molar refractivity (Wildman–Crippen MR) is 84.6 cm³/mol. The Labute approximate surface area is 127 Å². The summed E-state index contributed by atoms with van der Waals surface area (Å²) in [7, 11) is -3.80. The molecule has 2 rings (SSSR count). The van der Waals surface area contributed by atoms with Crippen molar-refractivity contribution in [2.45, 2.75) is 4.90 Å². The molecule has 0 aliphatic heterocycles. The molecule has 104 valence electrons. The van der Waals surface area contributed by atoms with Crippen LogP contribution < -0.4 is 10.5 Å². The van der Waals surface area contributed by atoms with E-state index in [0.29, 0.717) is 11.3 Å². The lowest BCUT2D eigenvalue weighted by molar-refractivity contribution is 0.601. The van der Waals surface area contributed by atoms with Gasteiger partial charge in [-0.15, -0.1) is 0 Å². The number of nitrogens with two attached hydrogens (primary N) is 1. The first-order valence-electron chi connectivity index (χ1n) is 5.58. The Bertz CT molecular complexity index is 760. The second-order valence-electron chi connectivity index (χ2n) is 3.95. The first-order valence-corrected chi connectivity index (χ1v) is 7.85. The summed E-state index contributed by atoms with van der Waals surface area (Å²) in [6, 6.07) is 12.8. The zero-order valence-corrected chi connectivity index (χ0v) is 12.6. The van der Waals surface area contributed by atoms with Gasteiger partial charge >= 0.3 is 0 Å². The molecule has 0 amide bonds. The Hall–Kier alpha value is -1.63. The van der Waals surface area contributed by atoms with Gasteiger partial charge < -0.3 is 5.73 Å². The standard InChI is InChI=1S/C13H11ClN2O2S2/c14-10-6-2-4-8-12(10)20(17,18)16-11-7-3-1-5-9(11)13(15)19/h1-8,16H,(H2,15,19). The molecule has 0 aliphatic rings. The summed E-state index contributed by atoms with van der Waals surface area (Å²) in [5, 5.41) is 0.146. The van der Waals surface area contributed by atoms with E-state index in [4.69, 9.17) is 29.6 Å². The normalized spacial score (nSPS) is 11.1. The van der Waals surface area contributed by atoms with Gasteiger partial charge in [-0.25, -0.2) is 8.42 Å². The molecule has 2 aromatic rings. The second-order valence-corrected chi connectivity index (χ2v) is 6.44. The fraction of sp³-hybridized carbons (Fsp3) is 0. The van der Waals surface area contributed by atoms with Crippen LogP contribution in [0.15, 0.2) is 53.4 Å². The first kappa shape index (κ1) is 14.8. The van der Waals surface area contributed by atoms with Gasteiger partial charge in [-0.05, 0) is 24.3 Å². The smallest absolute Gasteiger partial charge is 0.263 e. The van der Waals surface area contributed by atoms with Crippen molar-refractivity contribution in [3.8, 4) is 0 Å². The number of sulfonamides is 1. The van der Waals surface area contributed by atoms with Crippen molar-refractivity contribution in [1.82, 2.24) is 0 Å².